The lowest BCUT2D eigenvalue weighted by Crippen LogP contribution is -2.26. The number of aryl methyl sites for hydroxylation is 3. The fraction of sp³-hybridized carbons (Fsp3) is 0.167. The van der Waals surface area contributed by atoms with Gasteiger partial charge in [-0.3, -0.25) is 0 Å². The fourth-order valence-electron chi connectivity index (χ4n) is 6.48. The fourth-order valence-corrected chi connectivity index (χ4v) is 6.48. The van der Waals surface area contributed by atoms with Gasteiger partial charge in [-0.15, -0.1) is 0 Å². The molecule has 36 heavy (non-hydrogen) atoms. The van der Waals surface area contributed by atoms with Crippen molar-refractivity contribution >= 4 is 11.1 Å². The van der Waals surface area contributed by atoms with Gasteiger partial charge in [-0.05, 0) is 101 Å². The lowest BCUT2D eigenvalue weighted by atomic mass is 9.69. The Balaban J connectivity index is 1.78. The maximum atomic E-state index is 4.28. The predicted octanol–water partition coefficient (Wildman–Crippen LogP) is 9.37. The molecule has 0 nitrogen and oxygen atoms in total. The summed E-state index contributed by atoms with van der Waals surface area (Å²) in [6.07, 6.45) is 2.27. The molecule has 4 aromatic carbocycles. The van der Waals surface area contributed by atoms with Crippen molar-refractivity contribution in [3.05, 3.63) is 153 Å². The van der Waals surface area contributed by atoms with Crippen LogP contribution in [-0.2, 0) is 5.41 Å². The molecule has 0 amide bonds. The predicted molar refractivity (Wildman–Crippen MR) is 154 cm³/mol. The Labute approximate surface area is 215 Å². The normalized spacial score (nSPS) is 15.2. The topological polar surface area (TPSA) is 0 Å². The minimum atomic E-state index is -0.296. The summed E-state index contributed by atoms with van der Waals surface area (Å²) in [7, 11) is 0. The van der Waals surface area contributed by atoms with E-state index in [1.54, 1.807) is 0 Å². The van der Waals surface area contributed by atoms with Crippen molar-refractivity contribution in [3.63, 3.8) is 0 Å². The number of allylic oxidation sites excluding steroid dienone is 5. The molecule has 0 saturated carbocycles. The first-order chi connectivity index (χ1) is 17.3. The van der Waals surface area contributed by atoms with Gasteiger partial charge in [0.15, 0.2) is 0 Å². The average molecular weight is 465 g/mol. The highest BCUT2D eigenvalue weighted by atomic mass is 14.5. The Hall–Kier alpha value is -3.90. The number of hydrogen-bond acceptors (Lipinski definition) is 0. The first-order valence-electron chi connectivity index (χ1n) is 12.8. The first kappa shape index (κ1) is 22.6. The van der Waals surface area contributed by atoms with E-state index in [4.69, 9.17) is 0 Å². The SMILES string of the molecule is C=C(C)/C=C(\C1=C(C)C2(c3cc(C)c(C)cc31)c1ccccc1-c1ccccc12)c1ccc(C)cc1. The van der Waals surface area contributed by atoms with Crippen molar-refractivity contribution < 1.29 is 0 Å². The third kappa shape index (κ3) is 3.00. The van der Waals surface area contributed by atoms with Crippen LogP contribution < -0.4 is 0 Å². The molecule has 4 aromatic rings. The van der Waals surface area contributed by atoms with E-state index >= 15 is 0 Å². The Morgan fingerprint density at radius 3 is 1.81 bits per heavy atom. The molecule has 2 aliphatic rings. The van der Waals surface area contributed by atoms with Crippen LogP contribution in [0.3, 0.4) is 0 Å². The summed E-state index contributed by atoms with van der Waals surface area (Å²) in [5, 5.41) is 0. The van der Waals surface area contributed by atoms with Crippen molar-refractivity contribution in [1.82, 2.24) is 0 Å². The molecule has 2 aliphatic carbocycles. The van der Waals surface area contributed by atoms with Crippen molar-refractivity contribution in [2.75, 3.05) is 0 Å². The van der Waals surface area contributed by atoms with Crippen LogP contribution in [0.5, 0.6) is 0 Å². The number of benzene rings is 4. The van der Waals surface area contributed by atoms with Gasteiger partial charge in [0.05, 0.1) is 5.41 Å². The molecule has 0 atom stereocenters. The van der Waals surface area contributed by atoms with Crippen LogP contribution in [0.1, 0.15) is 58.4 Å². The quantitative estimate of drug-likeness (QED) is 0.265. The zero-order valence-electron chi connectivity index (χ0n) is 21.9. The molecule has 0 unspecified atom stereocenters. The second-order valence-electron chi connectivity index (χ2n) is 10.6. The van der Waals surface area contributed by atoms with Crippen LogP contribution in [0.4, 0.5) is 0 Å². The first-order valence-corrected chi connectivity index (χ1v) is 12.8. The highest BCUT2D eigenvalue weighted by Gasteiger charge is 2.51. The number of fused-ring (bicyclic) bond motifs is 7. The average Bonchev–Trinajstić information content (AvgIpc) is 3.29. The molecular weight excluding hydrogens is 432 g/mol. The monoisotopic (exact) mass is 464 g/mol. The van der Waals surface area contributed by atoms with Gasteiger partial charge in [-0.1, -0.05) is 109 Å². The van der Waals surface area contributed by atoms with Crippen LogP contribution in [0.15, 0.2) is 109 Å². The molecule has 0 fully saturated rings. The van der Waals surface area contributed by atoms with Crippen LogP contribution in [0.25, 0.3) is 22.3 Å². The van der Waals surface area contributed by atoms with Crippen molar-refractivity contribution in [1.29, 1.82) is 0 Å². The molecule has 0 bridgehead atoms. The van der Waals surface area contributed by atoms with Crippen molar-refractivity contribution in [3.8, 4) is 11.1 Å². The molecule has 0 saturated heterocycles. The smallest absolute Gasteiger partial charge is 0.0686 e. The van der Waals surface area contributed by atoms with E-state index in [9.17, 15) is 0 Å². The Kier molecular flexibility index (Phi) is 5.05. The third-order valence-corrected chi connectivity index (χ3v) is 8.22. The summed E-state index contributed by atoms with van der Waals surface area (Å²) >= 11 is 0. The summed E-state index contributed by atoms with van der Waals surface area (Å²) in [6.45, 7) is 15.4. The maximum Gasteiger partial charge on any atom is 0.0686 e. The lowest BCUT2D eigenvalue weighted by Gasteiger charge is -2.31. The summed E-state index contributed by atoms with van der Waals surface area (Å²) in [5.41, 5.74) is 18.1. The van der Waals surface area contributed by atoms with E-state index in [-0.39, 0.29) is 5.41 Å². The van der Waals surface area contributed by atoms with Gasteiger partial charge in [-0.2, -0.15) is 0 Å². The van der Waals surface area contributed by atoms with E-state index in [0.29, 0.717) is 0 Å². The van der Waals surface area contributed by atoms with Gasteiger partial charge >= 0.3 is 0 Å². The van der Waals surface area contributed by atoms with Gasteiger partial charge in [0.25, 0.3) is 0 Å². The van der Waals surface area contributed by atoms with Crippen LogP contribution in [0, 0.1) is 20.8 Å². The van der Waals surface area contributed by atoms with Gasteiger partial charge in [0, 0.05) is 0 Å². The van der Waals surface area contributed by atoms with Crippen molar-refractivity contribution in [2.45, 2.75) is 40.0 Å². The minimum absolute atomic E-state index is 0.296. The van der Waals surface area contributed by atoms with Gasteiger partial charge < -0.3 is 0 Å². The lowest BCUT2D eigenvalue weighted by molar-refractivity contribution is 0.765. The molecule has 0 aromatic heterocycles. The Morgan fingerprint density at radius 1 is 0.667 bits per heavy atom. The van der Waals surface area contributed by atoms with E-state index in [1.165, 1.54) is 72.4 Å². The second kappa shape index (κ2) is 8.07. The van der Waals surface area contributed by atoms with Gasteiger partial charge in [0.1, 0.15) is 0 Å². The van der Waals surface area contributed by atoms with E-state index in [0.717, 1.165) is 5.57 Å². The third-order valence-electron chi connectivity index (χ3n) is 8.22. The van der Waals surface area contributed by atoms with E-state index in [1.807, 2.05) is 0 Å². The summed E-state index contributed by atoms with van der Waals surface area (Å²) in [4.78, 5) is 0. The molecule has 1 spiro atoms. The number of rotatable bonds is 3. The maximum absolute atomic E-state index is 4.28. The Morgan fingerprint density at radius 2 is 1.22 bits per heavy atom. The van der Waals surface area contributed by atoms with Crippen LogP contribution in [-0.4, -0.2) is 0 Å². The molecule has 0 heterocycles. The highest BCUT2D eigenvalue weighted by Crippen LogP contribution is 2.63. The molecule has 0 N–H and O–H groups in total. The van der Waals surface area contributed by atoms with Crippen molar-refractivity contribution in [2.24, 2.45) is 0 Å². The van der Waals surface area contributed by atoms with Crippen LogP contribution >= 0.6 is 0 Å². The summed E-state index contributed by atoms with van der Waals surface area (Å²) in [6, 6.07) is 31.8. The molecule has 0 radical (unpaired) electrons. The van der Waals surface area contributed by atoms with Gasteiger partial charge in [-0.25, -0.2) is 0 Å². The zero-order chi connectivity index (χ0) is 25.2. The zero-order valence-corrected chi connectivity index (χ0v) is 21.9. The molecular formula is C36H32. The van der Waals surface area contributed by atoms with Crippen LogP contribution in [0.2, 0.25) is 0 Å². The molecule has 0 aliphatic heterocycles. The Bertz CT molecular complexity index is 1570. The molecule has 0 heteroatoms. The molecule has 6 rings (SSSR count). The second-order valence-corrected chi connectivity index (χ2v) is 10.6. The minimum Gasteiger partial charge on any atom is -0.0961 e. The summed E-state index contributed by atoms with van der Waals surface area (Å²) in [5.74, 6) is 0. The largest absolute Gasteiger partial charge is 0.0961 e. The molecule has 176 valence electrons. The van der Waals surface area contributed by atoms with Gasteiger partial charge in [0.2, 0.25) is 0 Å². The van der Waals surface area contributed by atoms with E-state index in [2.05, 4.69) is 132 Å². The standard InChI is InChI=1S/C36H32/c1-22(2)19-30(27-17-15-23(3)16-18-27)35-26(6)36(34-21-25(5)24(4)20-31(34)35)32-13-9-7-11-28(32)29-12-8-10-14-33(29)36/h7-21H,1H2,2-6H3/b30-19-. The van der Waals surface area contributed by atoms with E-state index < -0.39 is 0 Å². The summed E-state index contributed by atoms with van der Waals surface area (Å²) < 4.78 is 0. The number of hydrogen-bond donors (Lipinski definition) is 0. The highest BCUT2D eigenvalue weighted by molar-refractivity contribution is 6.12.